The van der Waals surface area contributed by atoms with Crippen LogP contribution in [-0.4, -0.2) is 32.1 Å². The molecule has 2 aromatic rings. The van der Waals surface area contributed by atoms with Crippen molar-refractivity contribution in [2.45, 2.75) is 38.6 Å². The molecule has 3 rings (SSSR count). The summed E-state index contributed by atoms with van der Waals surface area (Å²) >= 11 is 0. The van der Waals surface area contributed by atoms with Crippen molar-refractivity contribution in [3.63, 3.8) is 0 Å². The first-order chi connectivity index (χ1) is 11.4. The summed E-state index contributed by atoms with van der Waals surface area (Å²) in [6.45, 7) is 4.55. The van der Waals surface area contributed by atoms with Crippen molar-refractivity contribution < 1.29 is 9.32 Å². The van der Waals surface area contributed by atoms with E-state index in [-0.39, 0.29) is 17.5 Å². The molecule has 3 heterocycles. The second-order valence-corrected chi connectivity index (χ2v) is 6.38. The van der Waals surface area contributed by atoms with Crippen molar-refractivity contribution in [3.05, 3.63) is 50.1 Å². The van der Waals surface area contributed by atoms with Crippen LogP contribution in [0.4, 0.5) is 0 Å². The smallest absolute Gasteiger partial charge is 0.328 e. The molecule has 8 nitrogen and oxygen atoms in total. The average molecular weight is 332 g/mol. The van der Waals surface area contributed by atoms with Crippen LogP contribution >= 0.6 is 0 Å². The average Bonchev–Trinajstić information content (AvgIpc) is 3.18. The van der Waals surface area contributed by atoms with Gasteiger partial charge in [0.05, 0.1) is 6.04 Å². The summed E-state index contributed by atoms with van der Waals surface area (Å²) in [5, 5.41) is 4.09. The number of carbonyl (C=O) groups is 1. The fourth-order valence-corrected chi connectivity index (χ4v) is 2.92. The number of H-pyrrole nitrogens is 1. The highest BCUT2D eigenvalue weighted by atomic mass is 16.5. The summed E-state index contributed by atoms with van der Waals surface area (Å²) in [6, 6.07) is 1.65. The lowest BCUT2D eigenvalue weighted by Crippen LogP contribution is -2.38. The Morgan fingerprint density at radius 1 is 1.42 bits per heavy atom. The van der Waals surface area contributed by atoms with Crippen molar-refractivity contribution in [1.82, 2.24) is 19.6 Å². The van der Waals surface area contributed by atoms with Crippen molar-refractivity contribution in [2.75, 3.05) is 6.54 Å². The van der Waals surface area contributed by atoms with E-state index in [0.717, 1.165) is 18.6 Å². The van der Waals surface area contributed by atoms with Crippen molar-refractivity contribution in [2.24, 2.45) is 7.05 Å². The molecule has 1 aliphatic heterocycles. The molecule has 2 aromatic heterocycles. The molecule has 1 unspecified atom stereocenters. The molecule has 0 spiro atoms. The third kappa shape index (κ3) is 2.79. The van der Waals surface area contributed by atoms with Crippen LogP contribution in [0.3, 0.4) is 0 Å². The molecule has 1 atom stereocenters. The number of aryl methyl sites for hydroxylation is 1. The van der Waals surface area contributed by atoms with Gasteiger partial charge in [-0.25, -0.2) is 4.79 Å². The molecular weight excluding hydrogens is 312 g/mol. The number of amides is 1. The number of carbonyl (C=O) groups excluding carboxylic acids is 1. The number of hydrogen-bond acceptors (Lipinski definition) is 5. The van der Waals surface area contributed by atoms with Gasteiger partial charge in [-0.05, 0) is 12.8 Å². The Balaban J connectivity index is 1.92. The van der Waals surface area contributed by atoms with E-state index in [1.807, 2.05) is 19.9 Å². The fraction of sp³-hybridized carbons (Fsp3) is 0.500. The molecule has 0 aliphatic carbocycles. The first-order valence-electron chi connectivity index (χ1n) is 7.96. The van der Waals surface area contributed by atoms with Gasteiger partial charge in [0.1, 0.15) is 17.0 Å². The van der Waals surface area contributed by atoms with Crippen LogP contribution in [0, 0.1) is 0 Å². The predicted molar refractivity (Wildman–Crippen MR) is 85.9 cm³/mol. The van der Waals surface area contributed by atoms with E-state index in [1.165, 1.54) is 17.8 Å². The molecule has 0 radical (unpaired) electrons. The topological polar surface area (TPSA) is 101 Å². The monoisotopic (exact) mass is 332 g/mol. The molecule has 0 bridgehead atoms. The minimum absolute atomic E-state index is 0.0448. The maximum absolute atomic E-state index is 12.8. The maximum Gasteiger partial charge on any atom is 0.328 e. The van der Waals surface area contributed by atoms with Crippen LogP contribution in [0.25, 0.3) is 0 Å². The van der Waals surface area contributed by atoms with Gasteiger partial charge in [0.2, 0.25) is 0 Å². The Bertz CT molecular complexity index is 877. The molecule has 1 saturated heterocycles. The first-order valence-corrected chi connectivity index (χ1v) is 7.96. The Morgan fingerprint density at radius 2 is 2.17 bits per heavy atom. The SMILES string of the molecule is CC(C)c1cc(C2CCCN2C(=O)c2cn(C)c(=O)[nH]c2=O)no1. The summed E-state index contributed by atoms with van der Waals surface area (Å²) in [5.41, 5.74) is -0.563. The van der Waals surface area contributed by atoms with Gasteiger partial charge in [-0.3, -0.25) is 14.6 Å². The van der Waals surface area contributed by atoms with Gasteiger partial charge in [-0.15, -0.1) is 0 Å². The zero-order valence-electron chi connectivity index (χ0n) is 13.9. The summed E-state index contributed by atoms with van der Waals surface area (Å²) in [7, 11) is 1.49. The van der Waals surface area contributed by atoms with E-state index in [1.54, 1.807) is 4.90 Å². The highest BCUT2D eigenvalue weighted by Crippen LogP contribution is 2.33. The quantitative estimate of drug-likeness (QED) is 0.909. The standard InChI is InChI=1S/C16H20N4O4/c1-9(2)13-7-11(18-24-13)12-5-4-6-20(12)15(22)10-8-19(3)16(23)17-14(10)21/h7-9,12H,4-6H2,1-3H3,(H,17,21,23). The number of hydrogen-bond donors (Lipinski definition) is 1. The number of nitrogens with one attached hydrogen (secondary N) is 1. The second kappa shape index (κ2) is 6.10. The summed E-state index contributed by atoms with van der Waals surface area (Å²) in [4.78, 5) is 40.0. The van der Waals surface area contributed by atoms with E-state index >= 15 is 0 Å². The number of rotatable bonds is 3. The van der Waals surface area contributed by atoms with E-state index in [2.05, 4.69) is 10.1 Å². The van der Waals surface area contributed by atoms with Crippen LogP contribution in [-0.2, 0) is 7.05 Å². The van der Waals surface area contributed by atoms with Gasteiger partial charge in [-0.2, -0.15) is 0 Å². The van der Waals surface area contributed by atoms with Gasteiger partial charge in [0.25, 0.3) is 11.5 Å². The van der Waals surface area contributed by atoms with Gasteiger partial charge in [-0.1, -0.05) is 19.0 Å². The van der Waals surface area contributed by atoms with E-state index in [9.17, 15) is 14.4 Å². The molecule has 1 fully saturated rings. The number of nitrogens with zero attached hydrogens (tertiary/aromatic N) is 3. The highest BCUT2D eigenvalue weighted by Gasteiger charge is 2.34. The minimum atomic E-state index is -0.670. The molecule has 1 amide bonds. The highest BCUT2D eigenvalue weighted by molar-refractivity contribution is 5.94. The van der Waals surface area contributed by atoms with Crippen molar-refractivity contribution in [3.8, 4) is 0 Å². The zero-order chi connectivity index (χ0) is 17.4. The fourth-order valence-electron chi connectivity index (χ4n) is 2.92. The van der Waals surface area contributed by atoms with Crippen LogP contribution in [0.2, 0.25) is 0 Å². The van der Waals surface area contributed by atoms with Gasteiger partial charge >= 0.3 is 5.69 Å². The Labute approximate surface area is 138 Å². The van der Waals surface area contributed by atoms with E-state index in [0.29, 0.717) is 12.2 Å². The molecule has 24 heavy (non-hydrogen) atoms. The van der Waals surface area contributed by atoms with Gasteiger partial charge < -0.3 is 14.0 Å². The van der Waals surface area contributed by atoms with E-state index in [4.69, 9.17) is 4.52 Å². The Hall–Kier alpha value is -2.64. The number of likely N-dealkylation sites (tertiary alicyclic amines) is 1. The summed E-state index contributed by atoms with van der Waals surface area (Å²) < 4.78 is 6.52. The lowest BCUT2D eigenvalue weighted by atomic mass is 10.1. The van der Waals surface area contributed by atoms with E-state index < -0.39 is 17.2 Å². The molecule has 0 aromatic carbocycles. The second-order valence-electron chi connectivity index (χ2n) is 6.38. The van der Waals surface area contributed by atoms with Crippen molar-refractivity contribution in [1.29, 1.82) is 0 Å². The lowest BCUT2D eigenvalue weighted by Gasteiger charge is -2.22. The maximum atomic E-state index is 12.8. The molecular formula is C16H20N4O4. The summed E-state index contributed by atoms with van der Waals surface area (Å²) in [5.74, 6) is 0.580. The molecule has 1 N–H and O–H groups in total. The van der Waals surface area contributed by atoms with Crippen LogP contribution in [0.1, 0.15) is 60.5 Å². The largest absolute Gasteiger partial charge is 0.361 e. The Morgan fingerprint density at radius 3 is 2.83 bits per heavy atom. The molecule has 128 valence electrons. The predicted octanol–water partition coefficient (Wildman–Crippen LogP) is 1.16. The molecule has 1 aliphatic rings. The first kappa shape index (κ1) is 16.2. The van der Waals surface area contributed by atoms with Gasteiger partial charge in [0, 0.05) is 31.8 Å². The number of aromatic amines is 1. The Kier molecular flexibility index (Phi) is 4.13. The van der Waals surface area contributed by atoms with Crippen LogP contribution in [0.5, 0.6) is 0 Å². The van der Waals surface area contributed by atoms with Crippen molar-refractivity contribution >= 4 is 5.91 Å². The lowest BCUT2D eigenvalue weighted by molar-refractivity contribution is 0.0728. The third-order valence-electron chi connectivity index (χ3n) is 4.31. The summed E-state index contributed by atoms with van der Waals surface area (Å²) in [6.07, 6.45) is 2.87. The molecule has 0 saturated carbocycles. The third-order valence-corrected chi connectivity index (χ3v) is 4.31. The van der Waals surface area contributed by atoms with Crippen LogP contribution in [0.15, 0.2) is 26.4 Å². The zero-order valence-corrected chi connectivity index (χ0v) is 13.9. The van der Waals surface area contributed by atoms with Crippen LogP contribution < -0.4 is 11.2 Å². The molecule has 8 heteroatoms. The normalized spacial score (nSPS) is 17.7. The van der Waals surface area contributed by atoms with Gasteiger partial charge in [0.15, 0.2) is 0 Å². The number of aromatic nitrogens is 3. The minimum Gasteiger partial charge on any atom is -0.361 e.